The second-order valence-electron chi connectivity index (χ2n) is 4.06. The molecule has 0 atom stereocenters. The van der Waals surface area contributed by atoms with Crippen LogP contribution in [0.25, 0.3) is 0 Å². The number of hydrogen-bond acceptors (Lipinski definition) is 3. The zero-order valence-electron chi connectivity index (χ0n) is 11.2. The Hall–Kier alpha value is 0.110. The molecule has 0 rings (SSSR count). The van der Waals surface area contributed by atoms with E-state index in [2.05, 4.69) is 19.9 Å². The quantitative estimate of drug-likeness (QED) is 0.286. The summed E-state index contributed by atoms with van der Waals surface area (Å²) in [6.07, 6.45) is 10.7. The Morgan fingerprint density at radius 2 is 1.65 bits per heavy atom. The van der Waals surface area contributed by atoms with Crippen LogP contribution in [0.15, 0.2) is 11.0 Å². The van der Waals surface area contributed by atoms with Crippen molar-refractivity contribution in [2.24, 2.45) is 0 Å². The number of aldehydes is 1. The van der Waals surface area contributed by atoms with Gasteiger partial charge in [-0.05, 0) is 24.3 Å². The molecule has 0 bridgehead atoms. The molecule has 0 amide bonds. The molecule has 0 fully saturated rings. The molecule has 0 aromatic rings. The van der Waals surface area contributed by atoms with Crippen molar-refractivity contribution < 1.29 is 4.79 Å². The zero-order chi connectivity index (χ0) is 12.8. The highest BCUT2D eigenvalue weighted by molar-refractivity contribution is 8.04. The monoisotopic (exact) mass is 274 g/mol. The highest BCUT2D eigenvalue weighted by atomic mass is 32.2. The van der Waals surface area contributed by atoms with E-state index in [1.807, 2.05) is 11.8 Å². The summed E-state index contributed by atoms with van der Waals surface area (Å²) in [5.41, 5.74) is 0. The molecule has 0 aliphatic heterocycles. The number of carbonyl (C=O) groups is 1. The van der Waals surface area contributed by atoms with Crippen LogP contribution in [0.1, 0.15) is 52.4 Å². The molecule has 100 valence electrons. The van der Waals surface area contributed by atoms with Gasteiger partial charge < -0.3 is 0 Å². The lowest BCUT2D eigenvalue weighted by atomic mass is 10.3. The Kier molecular flexibility index (Phi) is 14.3. The predicted molar refractivity (Wildman–Crippen MR) is 83.0 cm³/mol. The Balaban J connectivity index is 3.52. The number of unbranched alkanes of at least 4 members (excludes halogenated alkanes) is 4. The number of allylic oxidation sites excluding steroid dienone is 1. The first-order valence-corrected chi connectivity index (χ1v) is 8.85. The summed E-state index contributed by atoms with van der Waals surface area (Å²) < 4.78 is 0. The van der Waals surface area contributed by atoms with E-state index in [9.17, 15) is 4.79 Å². The number of rotatable bonds is 12. The van der Waals surface area contributed by atoms with Crippen molar-refractivity contribution in [3.8, 4) is 0 Å². The van der Waals surface area contributed by atoms with E-state index < -0.39 is 0 Å². The van der Waals surface area contributed by atoms with Gasteiger partial charge in [0, 0.05) is 10.7 Å². The molecule has 0 aromatic heterocycles. The Labute approximate surface area is 115 Å². The summed E-state index contributed by atoms with van der Waals surface area (Å²) in [5.74, 6) is 3.29. The Morgan fingerprint density at radius 3 is 2.24 bits per heavy atom. The lowest BCUT2D eigenvalue weighted by molar-refractivity contribution is -0.104. The maximum Gasteiger partial charge on any atom is 0.156 e. The zero-order valence-corrected chi connectivity index (χ0v) is 12.9. The van der Waals surface area contributed by atoms with Gasteiger partial charge in [0.15, 0.2) is 6.29 Å². The first kappa shape index (κ1) is 17.1. The fourth-order valence-electron chi connectivity index (χ4n) is 1.36. The van der Waals surface area contributed by atoms with Gasteiger partial charge in [-0.25, -0.2) is 0 Å². The Morgan fingerprint density at radius 1 is 1.00 bits per heavy atom. The predicted octanol–water partition coefficient (Wildman–Crippen LogP) is 4.92. The first-order valence-electron chi connectivity index (χ1n) is 6.71. The van der Waals surface area contributed by atoms with Crippen LogP contribution in [-0.2, 0) is 4.79 Å². The van der Waals surface area contributed by atoms with Crippen LogP contribution in [0.4, 0.5) is 0 Å². The van der Waals surface area contributed by atoms with Crippen molar-refractivity contribution in [2.75, 3.05) is 17.3 Å². The SMILES string of the molecule is CCCCCSC/C=C(/C=O)SCCCCC. The topological polar surface area (TPSA) is 17.1 Å². The van der Waals surface area contributed by atoms with E-state index >= 15 is 0 Å². The van der Waals surface area contributed by atoms with E-state index in [1.54, 1.807) is 11.8 Å². The minimum atomic E-state index is 0.920. The van der Waals surface area contributed by atoms with Crippen molar-refractivity contribution in [1.82, 2.24) is 0 Å². The van der Waals surface area contributed by atoms with E-state index in [0.717, 1.165) is 22.7 Å². The van der Waals surface area contributed by atoms with Gasteiger partial charge in [0.25, 0.3) is 0 Å². The molecular weight excluding hydrogens is 248 g/mol. The number of carbonyl (C=O) groups excluding carboxylic acids is 1. The van der Waals surface area contributed by atoms with Crippen LogP contribution in [-0.4, -0.2) is 23.5 Å². The van der Waals surface area contributed by atoms with E-state index in [0.29, 0.717) is 0 Å². The van der Waals surface area contributed by atoms with Gasteiger partial charge in [-0.3, -0.25) is 4.79 Å². The second-order valence-corrected chi connectivity index (χ2v) is 6.38. The van der Waals surface area contributed by atoms with Gasteiger partial charge in [0.05, 0.1) is 0 Å². The van der Waals surface area contributed by atoms with Crippen molar-refractivity contribution in [1.29, 1.82) is 0 Å². The van der Waals surface area contributed by atoms with Crippen LogP contribution < -0.4 is 0 Å². The van der Waals surface area contributed by atoms with Crippen molar-refractivity contribution in [3.63, 3.8) is 0 Å². The molecule has 17 heavy (non-hydrogen) atoms. The average molecular weight is 274 g/mol. The third kappa shape index (κ3) is 12.4. The third-order valence-electron chi connectivity index (χ3n) is 2.43. The van der Waals surface area contributed by atoms with Crippen LogP contribution in [0.3, 0.4) is 0 Å². The standard InChI is InChI=1S/C14H26OS2/c1-3-5-7-10-16-12-9-14(13-15)17-11-8-6-4-2/h9,13H,3-8,10-12H2,1-2H3/b14-9-. The summed E-state index contributed by atoms with van der Waals surface area (Å²) in [6.45, 7) is 4.43. The van der Waals surface area contributed by atoms with Gasteiger partial charge in [0.2, 0.25) is 0 Å². The highest BCUT2D eigenvalue weighted by Gasteiger charge is 1.96. The summed E-state index contributed by atoms with van der Waals surface area (Å²) in [7, 11) is 0. The molecule has 0 aliphatic carbocycles. The normalized spacial score (nSPS) is 11.8. The van der Waals surface area contributed by atoms with Gasteiger partial charge in [0.1, 0.15) is 0 Å². The van der Waals surface area contributed by atoms with Gasteiger partial charge in [-0.2, -0.15) is 11.8 Å². The summed E-state index contributed by atoms with van der Waals surface area (Å²) in [5, 5.41) is 0. The van der Waals surface area contributed by atoms with Crippen molar-refractivity contribution >= 4 is 29.8 Å². The molecule has 0 aliphatic rings. The largest absolute Gasteiger partial charge is 0.297 e. The van der Waals surface area contributed by atoms with E-state index in [-0.39, 0.29) is 0 Å². The molecule has 0 saturated carbocycles. The number of hydrogen-bond donors (Lipinski definition) is 0. The van der Waals surface area contributed by atoms with Gasteiger partial charge in [-0.1, -0.05) is 45.6 Å². The Bertz CT molecular complexity index is 202. The minimum Gasteiger partial charge on any atom is -0.297 e. The molecule has 0 aromatic carbocycles. The molecule has 3 heteroatoms. The molecule has 0 radical (unpaired) electrons. The maximum atomic E-state index is 10.8. The smallest absolute Gasteiger partial charge is 0.156 e. The summed E-state index contributed by atoms with van der Waals surface area (Å²) in [4.78, 5) is 11.8. The van der Waals surface area contributed by atoms with Crippen molar-refractivity contribution in [3.05, 3.63) is 11.0 Å². The average Bonchev–Trinajstić information content (AvgIpc) is 2.36. The summed E-state index contributed by atoms with van der Waals surface area (Å²) in [6, 6.07) is 0. The fraction of sp³-hybridized carbons (Fsp3) is 0.786. The second kappa shape index (κ2) is 14.2. The van der Waals surface area contributed by atoms with Crippen LogP contribution >= 0.6 is 23.5 Å². The molecule has 0 N–H and O–H groups in total. The van der Waals surface area contributed by atoms with Crippen molar-refractivity contribution in [2.45, 2.75) is 52.4 Å². The molecule has 0 spiro atoms. The van der Waals surface area contributed by atoms with Crippen LogP contribution in [0, 0.1) is 0 Å². The lowest BCUT2D eigenvalue weighted by Gasteiger charge is -2.01. The molecular formula is C14H26OS2. The molecule has 0 saturated heterocycles. The molecule has 0 unspecified atom stereocenters. The molecule has 1 nitrogen and oxygen atoms in total. The maximum absolute atomic E-state index is 10.8. The first-order chi connectivity index (χ1) is 8.35. The van der Waals surface area contributed by atoms with E-state index in [1.165, 1.54) is 44.3 Å². The van der Waals surface area contributed by atoms with E-state index in [4.69, 9.17) is 0 Å². The van der Waals surface area contributed by atoms with Crippen LogP contribution in [0.2, 0.25) is 0 Å². The third-order valence-corrected chi connectivity index (χ3v) is 4.50. The fourth-order valence-corrected chi connectivity index (χ4v) is 3.19. The number of thioether (sulfide) groups is 2. The highest BCUT2D eigenvalue weighted by Crippen LogP contribution is 2.17. The molecule has 0 heterocycles. The minimum absolute atomic E-state index is 0.920. The van der Waals surface area contributed by atoms with Crippen LogP contribution in [0.5, 0.6) is 0 Å². The van der Waals surface area contributed by atoms with Gasteiger partial charge in [-0.15, -0.1) is 11.8 Å². The van der Waals surface area contributed by atoms with Gasteiger partial charge >= 0.3 is 0 Å². The summed E-state index contributed by atoms with van der Waals surface area (Å²) >= 11 is 3.64. The lowest BCUT2D eigenvalue weighted by Crippen LogP contribution is -1.87.